The van der Waals surface area contributed by atoms with Crippen LogP contribution in [0.4, 0.5) is 13.2 Å². The standard InChI is InChI=1S/C7H4F3N5S/c8-7(9,10)5-2-1-4(3-11-5)15-6(16)12-13-14-15/h1-3H,(H,12,14,16). The fourth-order valence-corrected chi connectivity index (χ4v) is 1.24. The summed E-state index contributed by atoms with van der Waals surface area (Å²) in [6.45, 7) is 0. The molecule has 0 radical (unpaired) electrons. The average molecular weight is 247 g/mol. The van der Waals surface area contributed by atoms with Crippen molar-refractivity contribution in [2.75, 3.05) is 0 Å². The van der Waals surface area contributed by atoms with Gasteiger partial charge in [-0.2, -0.15) is 18.4 Å². The zero-order valence-corrected chi connectivity index (χ0v) is 8.38. The van der Waals surface area contributed by atoms with Crippen LogP contribution in [-0.2, 0) is 6.18 Å². The lowest BCUT2D eigenvalue weighted by Gasteiger charge is -2.06. The maximum atomic E-state index is 12.2. The summed E-state index contributed by atoms with van der Waals surface area (Å²) < 4.78 is 38.0. The molecule has 84 valence electrons. The largest absolute Gasteiger partial charge is 0.433 e. The molecule has 0 aliphatic rings. The molecular formula is C7H4F3N5S. The third-order valence-electron chi connectivity index (χ3n) is 1.77. The zero-order valence-electron chi connectivity index (χ0n) is 7.56. The second-order valence-corrected chi connectivity index (χ2v) is 3.18. The predicted octanol–water partition coefficient (Wildman–Crippen LogP) is 1.74. The molecule has 0 bridgehead atoms. The van der Waals surface area contributed by atoms with Gasteiger partial charge in [0.25, 0.3) is 0 Å². The van der Waals surface area contributed by atoms with Crippen LogP contribution in [0.25, 0.3) is 5.69 Å². The van der Waals surface area contributed by atoms with Crippen molar-refractivity contribution in [2.24, 2.45) is 0 Å². The Kier molecular flexibility index (Phi) is 2.46. The van der Waals surface area contributed by atoms with E-state index in [-0.39, 0.29) is 4.77 Å². The molecule has 2 rings (SSSR count). The van der Waals surface area contributed by atoms with Crippen molar-refractivity contribution >= 4 is 12.2 Å². The Hall–Kier alpha value is -1.77. The maximum absolute atomic E-state index is 12.2. The first-order valence-electron chi connectivity index (χ1n) is 4.02. The SMILES string of the molecule is FC(F)(F)c1ccc(-n2[nH]nnc2=S)cn1. The molecule has 0 aliphatic heterocycles. The molecule has 0 spiro atoms. The van der Waals surface area contributed by atoms with Crippen LogP contribution in [0.1, 0.15) is 5.69 Å². The number of alkyl halides is 3. The minimum Gasteiger partial charge on any atom is -0.250 e. The third kappa shape index (κ3) is 1.94. The molecular weight excluding hydrogens is 243 g/mol. The van der Waals surface area contributed by atoms with Gasteiger partial charge in [0.15, 0.2) is 0 Å². The van der Waals surface area contributed by atoms with E-state index in [9.17, 15) is 13.2 Å². The quantitative estimate of drug-likeness (QED) is 0.780. The van der Waals surface area contributed by atoms with E-state index in [1.54, 1.807) is 0 Å². The molecule has 16 heavy (non-hydrogen) atoms. The van der Waals surface area contributed by atoms with Gasteiger partial charge in [-0.05, 0) is 24.4 Å². The van der Waals surface area contributed by atoms with Crippen LogP contribution in [-0.4, -0.2) is 25.2 Å². The highest BCUT2D eigenvalue weighted by Crippen LogP contribution is 2.27. The summed E-state index contributed by atoms with van der Waals surface area (Å²) >= 11 is 4.78. The fourth-order valence-electron chi connectivity index (χ4n) is 1.05. The Morgan fingerprint density at radius 3 is 2.50 bits per heavy atom. The predicted molar refractivity (Wildman–Crippen MR) is 49.3 cm³/mol. The number of hydrogen-bond acceptors (Lipinski definition) is 4. The van der Waals surface area contributed by atoms with Crippen molar-refractivity contribution in [1.82, 2.24) is 25.2 Å². The first-order chi connectivity index (χ1) is 7.48. The van der Waals surface area contributed by atoms with Gasteiger partial charge in [-0.3, -0.25) is 0 Å². The van der Waals surface area contributed by atoms with Crippen molar-refractivity contribution in [2.45, 2.75) is 6.18 Å². The highest BCUT2D eigenvalue weighted by atomic mass is 32.1. The summed E-state index contributed by atoms with van der Waals surface area (Å²) in [6.07, 6.45) is -3.41. The monoisotopic (exact) mass is 247 g/mol. The number of tetrazole rings is 1. The summed E-state index contributed by atoms with van der Waals surface area (Å²) in [5.41, 5.74) is -0.627. The number of H-pyrrole nitrogens is 1. The van der Waals surface area contributed by atoms with Gasteiger partial charge in [-0.15, -0.1) is 0 Å². The number of pyridine rings is 1. The van der Waals surface area contributed by atoms with Crippen molar-refractivity contribution in [3.63, 3.8) is 0 Å². The van der Waals surface area contributed by atoms with E-state index in [0.29, 0.717) is 5.69 Å². The summed E-state index contributed by atoms with van der Waals surface area (Å²) in [4.78, 5) is 3.28. The fraction of sp³-hybridized carbons (Fsp3) is 0.143. The molecule has 9 heteroatoms. The van der Waals surface area contributed by atoms with Crippen molar-refractivity contribution in [3.8, 4) is 5.69 Å². The average Bonchev–Trinajstić information content (AvgIpc) is 2.63. The zero-order chi connectivity index (χ0) is 11.8. The van der Waals surface area contributed by atoms with Crippen LogP contribution in [0.2, 0.25) is 0 Å². The van der Waals surface area contributed by atoms with Gasteiger partial charge in [-0.25, -0.2) is 9.67 Å². The molecule has 0 saturated heterocycles. The Morgan fingerprint density at radius 2 is 2.06 bits per heavy atom. The molecule has 1 N–H and O–H groups in total. The summed E-state index contributed by atoms with van der Waals surface area (Å²) in [5, 5.41) is 9.30. The van der Waals surface area contributed by atoms with E-state index in [4.69, 9.17) is 12.2 Å². The Labute approximate surface area is 91.9 Å². The van der Waals surface area contributed by atoms with E-state index >= 15 is 0 Å². The van der Waals surface area contributed by atoms with E-state index in [1.165, 1.54) is 10.7 Å². The second kappa shape index (κ2) is 3.67. The summed E-state index contributed by atoms with van der Waals surface area (Å²) in [7, 11) is 0. The number of nitrogens with one attached hydrogen (secondary N) is 1. The molecule has 0 fully saturated rings. The van der Waals surface area contributed by atoms with Crippen LogP contribution in [0.3, 0.4) is 0 Å². The Morgan fingerprint density at radius 1 is 1.31 bits per heavy atom. The van der Waals surface area contributed by atoms with Crippen LogP contribution >= 0.6 is 12.2 Å². The number of halogens is 3. The molecule has 0 aliphatic carbocycles. The van der Waals surface area contributed by atoms with Crippen LogP contribution < -0.4 is 0 Å². The molecule has 0 unspecified atom stereocenters. The molecule has 2 aromatic rings. The molecule has 0 aromatic carbocycles. The van der Waals surface area contributed by atoms with Gasteiger partial charge in [0.2, 0.25) is 4.77 Å². The van der Waals surface area contributed by atoms with Crippen molar-refractivity contribution < 1.29 is 13.2 Å². The van der Waals surface area contributed by atoms with Gasteiger partial charge >= 0.3 is 6.18 Å². The normalized spacial score (nSPS) is 11.7. The highest BCUT2D eigenvalue weighted by molar-refractivity contribution is 7.71. The van der Waals surface area contributed by atoms with E-state index < -0.39 is 11.9 Å². The van der Waals surface area contributed by atoms with Gasteiger partial charge < -0.3 is 0 Å². The minimum atomic E-state index is -4.45. The number of aromatic nitrogens is 5. The number of aromatic amines is 1. The van der Waals surface area contributed by atoms with Crippen LogP contribution in [0, 0.1) is 4.77 Å². The molecule has 2 aromatic heterocycles. The second-order valence-electron chi connectivity index (χ2n) is 2.82. The summed E-state index contributed by atoms with van der Waals surface area (Å²) in [5.74, 6) is 0. The lowest BCUT2D eigenvalue weighted by atomic mass is 10.3. The molecule has 2 heterocycles. The third-order valence-corrected chi connectivity index (χ3v) is 2.03. The van der Waals surface area contributed by atoms with E-state index in [2.05, 4.69) is 20.5 Å². The van der Waals surface area contributed by atoms with Crippen LogP contribution in [0.5, 0.6) is 0 Å². The first-order valence-corrected chi connectivity index (χ1v) is 4.43. The number of rotatable bonds is 1. The van der Waals surface area contributed by atoms with Gasteiger partial charge in [0, 0.05) is 0 Å². The van der Waals surface area contributed by atoms with E-state index in [1.807, 2.05) is 0 Å². The first kappa shape index (κ1) is 10.7. The Balaban J connectivity index is 2.41. The highest BCUT2D eigenvalue weighted by Gasteiger charge is 2.32. The van der Waals surface area contributed by atoms with Gasteiger partial charge in [0.1, 0.15) is 5.69 Å². The minimum absolute atomic E-state index is 0.113. The molecule has 0 amide bonds. The lowest BCUT2D eigenvalue weighted by molar-refractivity contribution is -0.141. The Bertz CT molecular complexity index is 540. The lowest BCUT2D eigenvalue weighted by Crippen LogP contribution is -2.08. The molecule has 0 atom stereocenters. The number of nitrogens with zero attached hydrogens (tertiary/aromatic N) is 4. The van der Waals surface area contributed by atoms with Crippen LogP contribution in [0.15, 0.2) is 18.3 Å². The topological polar surface area (TPSA) is 59.4 Å². The van der Waals surface area contributed by atoms with Gasteiger partial charge in [-0.1, -0.05) is 10.3 Å². The summed E-state index contributed by atoms with van der Waals surface area (Å²) in [6, 6.07) is 2.09. The molecule has 0 saturated carbocycles. The van der Waals surface area contributed by atoms with Crippen molar-refractivity contribution in [3.05, 3.63) is 28.8 Å². The van der Waals surface area contributed by atoms with E-state index in [0.717, 1.165) is 12.3 Å². The number of hydrogen-bond donors (Lipinski definition) is 1. The smallest absolute Gasteiger partial charge is 0.250 e. The maximum Gasteiger partial charge on any atom is 0.433 e. The van der Waals surface area contributed by atoms with Crippen molar-refractivity contribution in [1.29, 1.82) is 0 Å². The van der Waals surface area contributed by atoms with Gasteiger partial charge in [0.05, 0.1) is 11.9 Å². The molecule has 5 nitrogen and oxygen atoms in total.